The van der Waals surface area contributed by atoms with Crippen molar-refractivity contribution in [3.05, 3.63) is 61.5 Å². The van der Waals surface area contributed by atoms with Gasteiger partial charge in [0.15, 0.2) is 11.5 Å². The highest BCUT2D eigenvalue weighted by atomic mass is 79.9. The van der Waals surface area contributed by atoms with Crippen LogP contribution >= 0.6 is 27.7 Å². The number of nitro groups is 1. The van der Waals surface area contributed by atoms with E-state index < -0.39 is 36.8 Å². The number of amides is 3. The zero-order chi connectivity index (χ0) is 27.6. The third-order valence-electron chi connectivity index (χ3n) is 5.69. The molecule has 2 aromatic rings. The Kier molecular flexibility index (Phi) is 8.08. The Morgan fingerprint density at radius 2 is 1.92 bits per heavy atom. The molecular formula is C23H20BrN3O9S2. The maximum Gasteiger partial charge on any atom is 0.339 e. The van der Waals surface area contributed by atoms with Crippen LogP contribution in [0.1, 0.15) is 18.4 Å². The SMILES string of the molecule is COc1cc(/C=C2\SC(=O)N(CC(=O)N3CCCC3)C2=O)cc(Br)c1OS(=O)(=O)c1cccc([N+](=O)[O-])c1. The van der Waals surface area contributed by atoms with Crippen molar-refractivity contribution in [3.8, 4) is 11.5 Å². The molecule has 15 heteroatoms. The number of imide groups is 1. The van der Waals surface area contributed by atoms with Crippen molar-refractivity contribution in [1.82, 2.24) is 9.80 Å². The highest BCUT2D eigenvalue weighted by Crippen LogP contribution is 2.40. The van der Waals surface area contributed by atoms with Crippen molar-refractivity contribution >= 4 is 66.6 Å². The van der Waals surface area contributed by atoms with Crippen LogP contribution in [0.2, 0.25) is 0 Å². The molecule has 0 atom stereocenters. The van der Waals surface area contributed by atoms with E-state index in [1.165, 1.54) is 31.4 Å². The molecule has 2 saturated heterocycles. The molecule has 38 heavy (non-hydrogen) atoms. The van der Waals surface area contributed by atoms with E-state index in [2.05, 4.69) is 15.9 Å². The largest absolute Gasteiger partial charge is 0.493 e. The lowest BCUT2D eigenvalue weighted by molar-refractivity contribution is -0.385. The predicted molar refractivity (Wildman–Crippen MR) is 140 cm³/mol. The van der Waals surface area contributed by atoms with Gasteiger partial charge >= 0.3 is 10.1 Å². The number of non-ortho nitro benzene ring substituents is 1. The molecule has 0 saturated carbocycles. The standard InChI is InChI=1S/C23H20BrN3O9S2/c1-35-18-10-14(11-19-22(29)26(23(30)37-19)13-20(28)25-7-2-3-8-25)9-17(24)21(18)36-38(33,34)16-6-4-5-15(12-16)27(31)32/h4-6,9-12H,2-3,7-8,13H2,1H3/b19-11-. The van der Waals surface area contributed by atoms with Crippen molar-refractivity contribution in [1.29, 1.82) is 0 Å². The van der Waals surface area contributed by atoms with Crippen LogP contribution in [0.15, 0.2) is 50.7 Å². The summed E-state index contributed by atoms with van der Waals surface area (Å²) in [4.78, 5) is 50.2. The van der Waals surface area contributed by atoms with Crippen LogP contribution in [0.3, 0.4) is 0 Å². The summed E-state index contributed by atoms with van der Waals surface area (Å²) in [5.41, 5.74) is -0.0441. The molecule has 2 heterocycles. The number of benzene rings is 2. The summed E-state index contributed by atoms with van der Waals surface area (Å²) in [7, 11) is -3.20. The minimum Gasteiger partial charge on any atom is -0.493 e. The number of methoxy groups -OCH3 is 1. The van der Waals surface area contributed by atoms with E-state index >= 15 is 0 Å². The first kappa shape index (κ1) is 27.6. The van der Waals surface area contributed by atoms with Crippen LogP contribution in [0.5, 0.6) is 11.5 Å². The van der Waals surface area contributed by atoms with Gasteiger partial charge in [0.2, 0.25) is 5.91 Å². The Morgan fingerprint density at radius 1 is 1.21 bits per heavy atom. The van der Waals surface area contributed by atoms with E-state index in [0.717, 1.165) is 35.9 Å². The van der Waals surface area contributed by atoms with E-state index in [-0.39, 0.29) is 33.3 Å². The summed E-state index contributed by atoms with van der Waals surface area (Å²) in [6.45, 7) is 0.866. The number of carbonyl (C=O) groups is 3. The van der Waals surface area contributed by atoms with Crippen molar-refractivity contribution < 1.29 is 36.6 Å². The quantitative estimate of drug-likeness (QED) is 0.183. The van der Waals surface area contributed by atoms with Gasteiger partial charge in [0.05, 0.1) is 21.4 Å². The maximum absolute atomic E-state index is 12.8. The second kappa shape index (κ2) is 11.1. The second-order valence-electron chi connectivity index (χ2n) is 8.18. The molecule has 12 nitrogen and oxygen atoms in total. The molecule has 2 aliphatic rings. The topological polar surface area (TPSA) is 153 Å². The minimum absolute atomic E-state index is 0.0249. The summed E-state index contributed by atoms with van der Waals surface area (Å²) in [5.74, 6) is -1.15. The fraction of sp³-hybridized carbons (Fsp3) is 0.261. The van der Waals surface area contributed by atoms with Crippen LogP contribution in [0, 0.1) is 10.1 Å². The summed E-state index contributed by atoms with van der Waals surface area (Å²) < 4.78 is 36.3. The lowest BCUT2D eigenvalue weighted by Crippen LogP contribution is -2.40. The monoisotopic (exact) mass is 625 g/mol. The number of halogens is 1. The summed E-state index contributed by atoms with van der Waals surface area (Å²) in [5, 5.41) is 10.5. The molecule has 0 bridgehead atoms. The fourth-order valence-electron chi connectivity index (χ4n) is 3.80. The highest BCUT2D eigenvalue weighted by Gasteiger charge is 2.37. The van der Waals surface area contributed by atoms with Crippen LogP contribution in [-0.2, 0) is 19.7 Å². The van der Waals surface area contributed by atoms with E-state index in [0.29, 0.717) is 30.4 Å². The van der Waals surface area contributed by atoms with Gasteiger partial charge in [-0.15, -0.1) is 0 Å². The van der Waals surface area contributed by atoms with Crippen molar-refractivity contribution in [2.75, 3.05) is 26.7 Å². The van der Waals surface area contributed by atoms with Gasteiger partial charge in [0.1, 0.15) is 11.4 Å². The molecule has 0 N–H and O–H groups in total. The molecule has 4 rings (SSSR count). The third-order valence-corrected chi connectivity index (χ3v) is 8.40. The zero-order valence-corrected chi connectivity index (χ0v) is 23.0. The molecule has 2 fully saturated rings. The van der Waals surface area contributed by atoms with Gasteiger partial charge in [0, 0.05) is 25.2 Å². The Morgan fingerprint density at radius 3 is 2.58 bits per heavy atom. The molecule has 0 radical (unpaired) electrons. The van der Waals surface area contributed by atoms with Gasteiger partial charge in [-0.1, -0.05) is 6.07 Å². The van der Waals surface area contributed by atoms with Crippen molar-refractivity contribution in [2.45, 2.75) is 17.7 Å². The second-order valence-corrected chi connectivity index (χ2v) is 11.6. The van der Waals surface area contributed by atoms with Gasteiger partial charge in [-0.2, -0.15) is 8.42 Å². The first-order chi connectivity index (χ1) is 18.0. The fourth-order valence-corrected chi connectivity index (χ4v) is 6.29. The van der Waals surface area contributed by atoms with Crippen molar-refractivity contribution in [2.24, 2.45) is 0 Å². The van der Waals surface area contributed by atoms with E-state index in [4.69, 9.17) is 8.92 Å². The Balaban J connectivity index is 1.57. The molecule has 0 unspecified atom stereocenters. The number of hydrogen-bond donors (Lipinski definition) is 0. The normalized spacial score (nSPS) is 16.8. The van der Waals surface area contributed by atoms with Gasteiger partial charge in [-0.25, -0.2) is 0 Å². The van der Waals surface area contributed by atoms with E-state index in [1.54, 1.807) is 4.90 Å². The third kappa shape index (κ3) is 5.84. The van der Waals surface area contributed by atoms with Gasteiger partial charge in [0.25, 0.3) is 16.8 Å². The summed E-state index contributed by atoms with van der Waals surface area (Å²) >= 11 is 3.92. The molecular weight excluding hydrogens is 606 g/mol. The number of hydrogen-bond acceptors (Lipinski definition) is 10. The lowest BCUT2D eigenvalue weighted by Gasteiger charge is -2.18. The van der Waals surface area contributed by atoms with Gasteiger partial charge in [-0.3, -0.25) is 29.4 Å². The average molecular weight is 626 g/mol. The first-order valence-electron chi connectivity index (χ1n) is 11.1. The summed E-state index contributed by atoms with van der Waals surface area (Å²) in [6, 6.07) is 7.23. The number of carbonyl (C=O) groups excluding carboxylic acids is 3. The number of ether oxygens (including phenoxy) is 1. The van der Waals surface area contributed by atoms with Gasteiger partial charge in [-0.05, 0) is 70.4 Å². The zero-order valence-electron chi connectivity index (χ0n) is 19.8. The number of likely N-dealkylation sites (tertiary alicyclic amines) is 1. The minimum atomic E-state index is -4.48. The highest BCUT2D eigenvalue weighted by molar-refractivity contribution is 9.10. The van der Waals surface area contributed by atoms with Crippen molar-refractivity contribution in [3.63, 3.8) is 0 Å². The van der Waals surface area contributed by atoms with Crippen LogP contribution in [0.25, 0.3) is 6.08 Å². The number of nitro benzene ring substituents is 1. The van der Waals surface area contributed by atoms with E-state index in [1.807, 2.05) is 0 Å². The smallest absolute Gasteiger partial charge is 0.339 e. The van der Waals surface area contributed by atoms with Crippen LogP contribution in [0.4, 0.5) is 10.5 Å². The molecule has 2 aromatic carbocycles. The Hall–Kier alpha value is -3.43. The Bertz CT molecular complexity index is 1470. The average Bonchev–Trinajstić information content (AvgIpc) is 3.50. The molecule has 0 spiro atoms. The van der Waals surface area contributed by atoms with Gasteiger partial charge < -0.3 is 13.8 Å². The van der Waals surface area contributed by atoms with E-state index in [9.17, 15) is 32.9 Å². The van der Waals surface area contributed by atoms with Crippen LogP contribution < -0.4 is 8.92 Å². The molecule has 0 aromatic heterocycles. The Labute approximate surface area is 230 Å². The number of rotatable bonds is 8. The predicted octanol–water partition coefficient (Wildman–Crippen LogP) is 3.79. The number of thioether (sulfide) groups is 1. The first-order valence-corrected chi connectivity index (χ1v) is 14.1. The molecule has 0 aliphatic carbocycles. The molecule has 2 aliphatic heterocycles. The number of nitrogens with zero attached hydrogens (tertiary/aromatic N) is 3. The van der Waals surface area contributed by atoms with Crippen LogP contribution in [-0.4, -0.2) is 66.9 Å². The molecule has 3 amide bonds. The maximum atomic E-state index is 12.8. The lowest BCUT2D eigenvalue weighted by atomic mass is 10.2. The summed E-state index contributed by atoms with van der Waals surface area (Å²) in [6.07, 6.45) is 3.18. The molecule has 200 valence electrons.